The highest BCUT2D eigenvalue weighted by Gasteiger charge is 2.31. The van der Waals surface area contributed by atoms with Crippen LogP contribution in [-0.4, -0.2) is 51.5 Å². The van der Waals surface area contributed by atoms with E-state index in [1.165, 1.54) is 10.6 Å². The van der Waals surface area contributed by atoms with Gasteiger partial charge in [0, 0.05) is 19.3 Å². The lowest BCUT2D eigenvalue weighted by molar-refractivity contribution is 0.346. The van der Waals surface area contributed by atoms with E-state index in [1.807, 2.05) is 0 Å². The van der Waals surface area contributed by atoms with Gasteiger partial charge in [0.1, 0.15) is 9.84 Å². The van der Waals surface area contributed by atoms with Gasteiger partial charge in [-0.05, 0) is 19.8 Å². The molecular weight excluding hydrogens is 238 g/mol. The predicted octanol–water partition coefficient (Wildman–Crippen LogP) is -0.155. The van der Waals surface area contributed by atoms with Crippen LogP contribution in [0.1, 0.15) is 19.8 Å². The third kappa shape index (κ3) is 3.15. The smallest absolute Gasteiger partial charge is 0.213 e. The molecule has 15 heavy (non-hydrogen) atoms. The SMILES string of the molecule is CCS(=O)(=O)N1CCC(S(C)(=O)=O)CC1. The van der Waals surface area contributed by atoms with Crippen molar-refractivity contribution in [2.24, 2.45) is 0 Å². The molecule has 1 rings (SSSR count). The van der Waals surface area contributed by atoms with Gasteiger partial charge in [0.2, 0.25) is 10.0 Å². The molecule has 0 N–H and O–H groups in total. The number of hydrogen-bond donors (Lipinski definition) is 0. The molecule has 1 heterocycles. The maximum absolute atomic E-state index is 11.5. The van der Waals surface area contributed by atoms with Crippen molar-refractivity contribution >= 4 is 19.9 Å². The second kappa shape index (κ2) is 4.39. The molecule has 7 heteroatoms. The van der Waals surface area contributed by atoms with Crippen molar-refractivity contribution < 1.29 is 16.8 Å². The zero-order valence-electron chi connectivity index (χ0n) is 9.01. The molecule has 1 saturated heterocycles. The highest BCUT2D eigenvalue weighted by atomic mass is 32.2. The molecule has 5 nitrogen and oxygen atoms in total. The molecule has 0 radical (unpaired) electrons. The molecule has 0 aromatic rings. The summed E-state index contributed by atoms with van der Waals surface area (Å²) in [5.41, 5.74) is 0. The van der Waals surface area contributed by atoms with E-state index < -0.39 is 19.9 Å². The Balaban J connectivity index is 2.65. The first-order chi connectivity index (χ1) is 6.77. The summed E-state index contributed by atoms with van der Waals surface area (Å²) in [6.07, 6.45) is 2.04. The zero-order valence-corrected chi connectivity index (χ0v) is 10.6. The summed E-state index contributed by atoms with van der Waals surface area (Å²) in [6, 6.07) is 0. The van der Waals surface area contributed by atoms with Gasteiger partial charge in [0.15, 0.2) is 0 Å². The standard InChI is InChI=1S/C8H17NO4S2/c1-3-15(12,13)9-6-4-8(5-7-9)14(2,10)11/h8H,3-7H2,1-2H3. The molecular formula is C8H17NO4S2. The minimum Gasteiger partial charge on any atom is -0.229 e. The number of sulfonamides is 1. The summed E-state index contributed by atoms with van der Waals surface area (Å²) in [4.78, 5) is 0. The van der Waals surface area contributed by atoms with Crippen molar-refractivity contribution in [3.05, 3.63) is 0 Å². The second-order valence-electron chi connectivity index (χ2n) is 3.83. The quantitative estimate of drug-likeness (QED) is 0.703. The summed E-state index contributed by atoms with van der Waals surface area (Å²) in [5, 5.41) is -0.374. The van der Waals surface area contributed by atoms with Gasteiger partial charge in [-0.25, -0.2) is 21.1 Å². The first-order valence-corrected chi connectivity index (χ1v) is 8.50. The van der Waals surface area contributed by atoms with Gasteiger partial charge in [0.25, 0.3) is 0 Å². The van der Waals surface area contributed by atoms with Crippen molar-refractivity contribution in [3.63, 3.8) is 0 Å². The minimum atomic E-state index is -3.15. The van der Waals surface area contributed by atoms with Crippen LogP contribution < -0.4 is 0 Å². The molecule has 90 valence electrons. The Morgan fingerprint density at radius 1 is 1.13 bits per heavy atom. The van der Waals surface area contributed by atoms with Crippen LogP contribution in [0.5, 0.6) is 0 Å². The fourth-order valence-corrected chi connectivity index (χ4v) is 3.92. The maximum atomic E-state index is 11.5. The van der Waals surface area contributed by atoms with Gasteiger partial charge >= 0.3 is 0 Å². The summed E-state index contributed by atoms with van der Waals surface area (Å²) >= 11 is 0. The molecule has 1 fully saturated rings. The average Bonchev–Trinajstić information content (AvgIpc) is 2.17. The van der Waals surface area contributed by atoms with Gasteiger partial charge in [-0.2, -0.15) is 0 Å². The van der Waals surface area contributed by atoms with Crippen molar-refractivity contribution in [1.82, 2.24) is 4.31 Å². The Morgan fingerprint density at radius 2 is 1.60 bits per heavy atom. The summed E-state index contributed by atoms with van der Waals surface area (Å²) in [5.74, 6) is 0.0799. The lowest BCUT2D eigenvalue weighted by Gasteiger charge is -2.29. The normalized spacial score (nSPS) is 21.7. The largest absolute Gasteiger partial charge is 0.229 e. The van der Waals surface area contributed by atoms with Crippen LogP contribution in [0.4, 0.5) is 0 Å². The molecule has 0 aliphatic carbocycles. The van der Waals surface area contributed by atoms with Crippen molar-refractivity contribution in [1.29, 1.82) is 0 Å². The van der Waals surface area contributed by atoms with E-state index in [2.05, 4.69) is 0 Å². The highest BCUT2D eigenvalue weighted by Crippen LogP contribution is 2.19. The Morgan fingerprint density at radius 3 is 1.93 bits per heavy atom. The van der Waals surface area contributed by atoms with E-state index in [1.54, 1.807) is 6.92 Å². The van der Waals surface area contributed by atoms with E-state index in [0.717, 1.165) is 0 Å². The lowest BCUT2D eigenvalue weighted by Crippen LogP contribution is -2.42. The molecule has 1 aliphatic heterocycles. The Bertz CT molecular complexity index is 404. The van der Waals surface area contributed by atoms with Crippen LogP contribution in [0, 0.1) is 0 Å². The van der Waals surface area contributed by atoms with E-state index in [0.29, 0.717) is 25.9 Å². The van der Waals surface area contributed by atoms with Gasteiger partial charge in [-0.15, -0.1) is 0 Å². The molecule has 0 spiro atoms. The molecule has 0 aromatic heterocycles. The minimum absolute atomic E-state index is 0.0799. The number of hydrogen-bond acceptors (Lipinski definition) is 4. The molecule has 0 saturated carbocycles. The summed E-state index contributed by atoms with van der Waals surface area (Å²) < 4.78 is 46.8. The zero-order chi connectivity index (χ0) is 11.7. The van der Waals surface area contributed by atoms with Crippen molar-refractivity contribution in [3.8, 4) is 0 Å². The number of piperidine rings is 1. The van der Waals surface area contributed by atoms with Crippen LogP contribution in [0.2, 0.25) is 0 Å². The number of rotatable bonds is 3. The topological polar surface area (TPSA) is 71.5 Å². The van der Waals surface area contributed by atoms with Crippen LogP contribution in [0.15, 0.2) is 0 Å². The molecule has 0 atom stereocenters. The first-order valence-electron chi connectivity index (χ1n) is 4.94. The van der Waals surface area contributed by atoms with Crippen molar-refractivity contribution in [2.45, 2.75) is 25.0 Å². The van der Waals surface area contributed by atoms with Gasteiger partial charge < -0.3 is 0 Å². The van der Waals surface area contributed by atoms with Crippen LogP contribution in [0.3, 0.4) is 0 Å². The molecule has 0 bridgehead atoms. The fraction of sp³-hybridized carbons (Fsp3) is 1.00. The lowest BCUT2D eigenvalue weighted by atomic mass is 10.2. The summed E-state index contributed by atoms with van der Waals surface area (Å²) in [6.45, 7) is 2.25. The van der Waals surface area contributed by atoms with E-state index >= 15 is 0 Å². The Kier molecular flexibility index (Phi) is 3.78. The van der Waals surface area contributed by atoms with E-state index in [4.69, 9.17) is 0 Å². The fourth-order valence-electron chi connectivity index (χ4n) is 1.72. The van der Waals surface area contributed by atoms with E-state index in [-0.39, 0.29) is 11.0 Å². The average molecular weight is 255 g/mol. The number of nitrogens with zero attached hydrogens (tertiary/aromatic N) is 1. The van der Waals surface area contributed by atoms with Crippen LogP contribution in [-0.2, 0) is 19.9 Å². The number of sulfone groups is 1. The predicted molar refractivity (Wildman–Crippen MR) is 58.9 cm³/mol. The van der Waals surface area contributed by atoms with Gasteiger partial charge in [-0.3, -0.25) is 0 Å². The monoisotopic (exact) mass is 255 g/mol. The van der Waals surface area contributed by atoms with Crippen molar-refractivity contribution in [2.75, 3.05) is 25.1 Å². The maximum Gasteiger partial charge on any atom is 0.213 e. The second-order valence-corrected chi connectivity index (χ2v) is 8.41. The molecule has 0 unspecified atom stereocenters. The van der Waals surface area contributed by atoms with Crippen LogP contribution in [0.25, 0.3) is 0 Å². The highest BCUT2D eigenvalue weighted by molar-refractivity contribution is 7.91. The third-order valence-electron chi connectivity index (χ3n) is 2.76. The molecule has 1 aliphatic rings. The Labute approximate surface area is 91.4 Å². The first kappa shape index (κ1) is 12.9. The van der Waals surface area contributed by atoms with Gasteiger partial charge in [0.05, 0.1) is 11.0 Å². The van der Waals surface area contributed by atoms with Crippen LogP contribution >= 0.6 is 0 Å². The molecule has 0 amide bonds. The van der Waals surface area contributed by atoms with E-state index in [9.17, 15) is 16.8 Å². The molecule has 0 aromatic carbocycles. The van der Waals surface area contributed by atoms with Gasteiger partial charge in [-0.1, -0.05) is 0 Å². The third-order valence-corrected chi connectivity index (χ3v) is 6.33. The summed E-state index contributed by atoms with van der Waals surface area (Å²) in [7, 11) is -6.17. The Hall–Kier alpha value is -0.140.